The van der Waals surface area contributed by atoms with Gasteiger partial charge in [-0.05, 0) is 76.9 Å². The molecule has 0 N–H and O–H groups in total. The molecule has 7 aromatic carbocycles. The van der Waals surface area contributed by atoms with E-state index in [-0.39, 0.29) is 0 Å². The van der Waals surface area contributed by atoms with E-state index in [9.17, 15) is 0 Å². The molecule has 0 spiro atoms. The van der Waals surface area contributed by atoms with Crippen LogP contribution in [0.5, 0.6) is 0 Å². The number of benzene rings is 7. The number of hydrogen-bond donors (Lipinski definition) is 0. The molecule has 0 radical (unpaired) electrons. The molecule has 0 unspecified atom stereocenters. The van der Waals surface area contributed by atoms with Crippen LogP contribution in [0.3, 0.4) is 0 Å². The van der Waals surface area contributed by atoms with Crippen LogP contribution in [0.25, 0.3) is 63.2 Å². The maximum Gasteiger partial charge on any atom is 0.124 e. The molecule has 0 amide bonds. The van der Waals surface area contributed by atoms with E-state index in [4.69, 9.17) is 4.98 Å². The van der Waals surface area contributed by atoms with Crippen molar-refractivity contribution in [2.75, 3.05) is 4.90 Å². The fraction of sp³-hybridized carbons (Fsp3) is 0. The molecule has 9 rings (SSSR count). The third-order valence-corrected chi connectivity index (χ3v) is 11.0. The number of para-hydroxylation sites is 1. The molecule has 47 heavy (non-hydrogen) atoms. The van der Waals surface area contributed by atoms with E-state index in [1.165, 1.54) is 52.7 Å². The Hall–Kier alpha value is -5.55. The molecule has 222 valence electrons. The molecule has 2 aromatic heterocycles. The largest absolute Gasteiger partial charge is 0.311 e. The number of anilines is 3. The number of nitrogens with zero attached hydrogens (tertiary/aromatic N) is 2. The fourth-order valence-electron chi connectivity index (χ4n) is 6.39. The fourth-order valence-corrected chi connectivity index (χ4v) is 8.74. The van der Waals surface area contributed by atoms with E-state index in [1.54, 1.807) is 11.3 Å². The molecule has 0 bridgehead atoms. The molecule has 0 saturated heterocycles. The van der Waals surface area contributed by atoms with Crippen LogP contribution in [0.2, 0.25) is 0 Å². The quantitative estimate of drug-likeness (QED) is 0.181. The zero-order valence-electron chi connectivity index (χ0n) is 25.4. The summed E-state index contributed by atoms with van der Waals surface area (Å²) in [5.41, 5.74) is 10.5. The van der Waals surface area contributed by atoms with Crippen LogP contribution in [0.15, 0.2) is 170 Å². The van der Waals surface area contributed by atoms with Gasteiger partial charge >= 0.3 is 0 Å². The highest BCUT2D eigenvalue weighted by molar-refractivity contribution is 7.28. The number of fused-ring (bicyclic) bond motifs is 5. The second-order valence-corrected chi connectivity index (χ2v) is 13.7. The summed E-state index contributed by atoms with van der Waals surface area (Å²) >= 11 is 3.65. The van der Waals surface area contributed by atoms with Gasteiger partial charge in [-0.1, -0.05) is 115 Å². The standard InChI is InChI=1S/C43H28N2S2/c1-4-10-29(11-5-1)30-16-21-35(22-17-30)45(34-14-8-3-9-15-34)36-23-18-31(19-24-36)33-20-25-37-40(28-33)46-39-27-26-38-42(41(37)39)47-43(44-38)32-12-6-2-7-13-32/h1-28H. The zero-order valence-corrected chi connectivity index (χ0v) is 27.0. The van der Waals surface area contributed by atoms with Crippen molar-refractivity contribution in [1.29, 1.82) is 0 Å². The summed E-state index contributed by atoms with van der Waals surface area (Å²) in [5.74, 6) is 0. The summed E-state index contributed by atoms with van der Waals surface area (Å²) in [6.07, 6.45) is 0. The lowest BCUT2D eigenvalue weighted by molar-refractivity contribution is 1.28. The van der Waals surface area contributed by atoms with E-state index in [0.717, 1.165) is 27.6 Å². The lowest BCUT2D eigenvalue weighted by Crippen LogP contribution is -2.09. The third-order valence-electron chi connectivity index (χ3n) is 8.72. The first-order valence-corrected chi connectivity index (χ1v) is 17.3. The maximum absolute atomic E-state index is 4.99. The van der Waals surface area contributed by atoms with Crippen molar-refractivity contribution in [2.24, 2.45) is 0 Å². The van der Waals surface area contributed by atoms with Gasteiger partial charge in [-0.2, -0.15) is 0 Å². The van der Waals surface area contributed by atoms with E-state index < -0.39 is 0 Å². The van der Waals surface area contributed by atoms with E-state index in [1.807, 2.05) is 11.3 Å². The van der Waals surface area contributed by atoms with Gasteiger partial charge in [0, 0.05) is 42.8 Å². The van der Waals surface area contributed by atoms with Crippen molar-refractivity contribution >= 4 is 70.1 Å². The number of thiazole rings is 1. The second-order valence-electron chi connectivity index (χ2n) is 11.6. The molecule has 0 aliphatic carbocycles. The second kappa shape index (κ2) is 11.7. The number of rotatable bonds is 6. The van der Waals surface area contributed by atoms with Gasteiger partial charge in [-0.15, -0.1) is 22.7 Å². The van der Waals surface area contributed by atoms with Gasteiger partial charge in [-0.3, -0.25) is 0 Å². The zero-order chi connectivity index (χ0) is 31.2. The minimum atomic E-state index is 1.07. The smallest absolute Gasteiger partial charge is 0.124 e. The Bertz CT molecular complexity index is 2480. The minimum Gasteiger partial charge on any atom is -0.311 e. The molecular formula is C43H28N2S2. The van der Waals surface area contributed by atoms with Gasteiger partial charge in [0.2, 0.25) is 0 Å². The minimum absolute atomic E-state index is 1.07. The van der Waals surface area contributed by atoms with Gasteiger partial charge < -0.3 is 4.90 Å². The van der Waals surface area contributed by atoms with Gasteiger partial charge in [0.1, 0.15) is 5.01 Å². The topological polar surface area (TPSA) is 16.1 Å². The van der Waals surface area contributed by atoms with Gasteiger partial charge in [-0.25, -0.2) is 4.98 Å². The highest BCUT2D eigenvalue weighted by Gasteiger charge is 2.16. The number of thiophene rings is 1. The van der Waals surface area contributed by atoms with Crippen molar-refractivity contribution in [3.8, 4) is 32.8 Å². The average molecular weight is 637 g/mol. The van der Waals surface area contributed by atoms with Crippen LogP contribution in [0.1, 0.15) is 0 Å². The molecular weight excluding hydrogens is 609 g/mol. The normalized spacial score (nSPS) is 11.4. The highest BCUT2D eigenvalue weighted by atomic mass is 32.1. The third kappa shape index (κ3) is 5.08. The van der Waals surface area contributed by atoms with E-state index in [2.05, 4.69) is 175 Å². The van der Waals surface area contributed by atoms with Gasteiger partial charge in [0.05, 0.1) is 10.2 Å². The first-order valence-electron chi connectivity index (χ1n) is 15.7. The van der Waals surface area contributed by atoms with Crippen molar-refractivity contribution in [2.45, 2.75) is 0 Å². The number of aromatic nitrogens is 1. The van der Waals surface area contributed by atoms with Crippen LogP contribution in [0, 0.1) is 0 Å². The van der Waals surface area contributed by atoms with Crippen molar-refractivity contribution < 1.29 is 0 Å². The van der Waals surface area contributed by atoms with Crippen LogP contribution in [-0.2, 0) is 0 Å². The molecule has 0 aliphatic rings. The monoisotopic (exact) mass is 636 g/mol. The van der Waals surface area contributed by atoms with Crippen LogP contribution < -0.4 is 4.90 Å². The summed E-state index contributed by atoms with van der Waals surface area (Å²) in [5, 5.41) is 3.69. The average Bonchev–Trinajstić information content (AvgIpc) is 3.75. The molecule has 0 atom stereocenters. The Balaban J connectivity index is 1.07. The summed E-state index contributed by atoms with van der Waals surface area (Å²) in [4.78, 5) is 7.31. The molecule has 2 heterocycles. The van der Waals surface area contributed by atoms with Crippen LogP contribution >= 0.6 is 22.7 Å². The molecule has 2 nitrogen and oxygen atoms in total. The molecule has 9 aromatic rings. The summed E-state index contributed by atoms with van der Waals surface area (Å²) in [6.45, 7) is 0. The Morgan fingerprint density at radius 2 is 0.936 bits per heavy atom. The SMILES string of the molecule is c1ccc(-c2ccc(N(c3ccccc3)c3ccc(-c4ccc5c(c4)sc4ccc6nc(-c7ccccc7)sc6c45)cc3)cc2)cc1. The van der Waals surface area contributed by atoms with E-state index >= 15 is 0 Å². The van der Waals surface area contributed by atoms with Crippen molar-refractivity contribution in [1.82, 2.24) is 4.98 Å². The Morgan fingerprint density at radius 1 is 0.404 bits per heavy atom. The van der Waals surface area contributed by atoms with Crippen molar-refractivity contribution in [3.05, 3.63) is 170 Å². The van der Waals surface area contributed by atoms with Crippen LogP contribution in [0.4, 0.5) is 17.1 Å². The Labute approximate surface area is 281 Å². The van der Waals surface area contributed by atoms with Crippen LogP contribution in [-0.4, -0.2) is 4.98 Å². The maximum atomic E-state index is 4.99. The Morgan fingerprint density at radius 3 is 1.60 bits per heavy atom. The number of hydrogen-bond acceptors (Lipinski definition) is 4. The predicted molar refractivity (Wildman–Crippen MR) is 203 cm³/mol. The first kappa shape index (κ1) is 27.7. The molecule has 0 aliphatic heterocycles. The van der Waals surface area contributed by atoms with Crippen molar-refractivity contribution in [3.63, 3.8) is 0 Å². The summed E-state index contributed by atoms with van der Waals surface area (Å²) in [6, 6.07) is 60.7. The molecule has 0 saturated carbocycles. The predicted octanol–water partition coefficient (Wildman–Crippen LogP) is 13.1. The summed E-state index contributed by atoms with van der Waals surface area (Å²) in [7, 11) is 0. The summed E-state index contributed by atoms with van der Waals surface area (Å²) < 4.78 is 3.87. The first-order chi connectivity index (χ1) is 23.3. The van der Waals surface area contributed by atoms with Gasteiger partial charge in [0.25, 0.3) is 0 Å². The Kier molecular flexibility index (Phi) is 6.89. The highest BCUT2D eigenvalue weighted by Crippen LogP contribution is 2.44. The lowest BCUT2D eigenvalue weighted by Gasteiger charge is -2.26. The molecule has 0 fully saturated rings. The molecule has 4 heteroatoms. The van der Waals surface area contributed by atoms with Gasteiger partial charge in [0.15, 0.2) is 0 Å². The van der Waals surface area contributed by atoms with E-state index in [0.29, 0.717) is 0 Å². The lowest BCUT2D eigenvalue weighted by atomic mass is 10.0.